The molecule has 25 heavy (non-hydrogen) atoms. The Kier molecular flexibility index (Phi) is 5.98. The summed E-state index contributed by atoms with van der Waals surface area (Å²) in [5.41, 5.74) is 2.89. The number of nitrogens with one attached hydrogen (secondary N) is 1. The van der Waals surface area contributed by atoms with Crippen LogP contribution in [0.5, 0.6) is 0 Å². The van der Waals surface area contributed by atoms with Crippen LogP contribution in [0, 0.1) is 6.92 Å². The molecule has 6 nitrogen and oxygen atoms in total. The molecule has 1 fully saturated rings. The molecule has 1 aliphatic heterocycles. The number of anilines is 1. The normalized spacial score (nSPS) is 15.6. The zero-order valence-electron chi connectivity index (χ0n) is 14.5. The standard InChI is InChI=1S/C19H24N4O2/c1-16-3-2-4-17(13-16)5-6-19(24)21-18-14-20-23(15-18)8-7-22-9-11-25-12-10-22/h2-6,13-15H,7-12H2,1H3,(H,21,24)/b6-5+. The first-order valence-electron chi connectivity index (χ1n) is 8.57. The molecule has 1 aromatic carbocycles. The molecule has 1 N–H and O–H groups in total. The predicted molar refractivity (Wildman–Crippen MR) is 98.3 cm³/mol. The average Bonchev–Trinajstić information content (AvgIpc) is 3.06. The highest BCUT2D eigenvalue weighted by Gasteiger charge is 2.10. The van der Waals surface area contributed by atoms with Gasteiger partial charge in [-0.3, -0.25) is 14.4 Å². The second-order valence-corrected chi connectivity index (χ2v) is 6.18. The Balaban J connectivity index is 1.47. The molecule has 6 heteroatoms. The maximum atomic E-state index is 12.0. The fourth-order valence-corrected chi connectivity index (χ4v) is 2.75. The van der Waals surface area contributed by atoms with Gasteiger partial charge in [-0.2, -0.15) is 5.10 Å². The SMILES string of the molecule is Cc1cccc(/C=C/C(=O)Nc2cnn(CCN3CCOCC3)c2)c1. The van der Waals surface area contributed by atoms with Gasteiger partial charge in [0.05, 0.1) is 31.6 Å². The minimum atomic E-state index is -0.158. The van der Waals surface area contributed by atoms with Crippen LogP contribution in [-0.4, -0.2) is 53.4 Å². The van der Waals surface area contributed by atoms with E-state index in [0.717, 1.165) is 45.0 Å². The van der Waals surface area contributed by atoms with Crippen molar-refractivity contribution in [2.24, 2.45) is 0 Å². The molecular weight excluding hydrogens is 316 g/mol. The molecule has 0 saturated carbocycles. The molecule has 1 aromatic heterocycles. The van der Waals surface area contributed by atoms with Gasteiger partial charge in [-0.05, 0) is 18.6 Å². The molecule has 0 bridgehead atoms. The number of carbonyl (C=O) groups excluding carboxylic acids is 1. The zero-order chi connectivity index (χ0) is 17.5. The molecule has 0 aliphatic carbocycles. The van der Waals surface area contributed by atoms with E-state index in [1.165, 1.54) is 5.56 Å². The molecule has 1 amide bonds. The molecule has 1 saturated heterocycles. The lowest BCUT2D eigenvalue weighted by molar-refractivity contribution is -0.111. The van der Waals surface area contributed by atoms with Crippen molar-refractivity contribution in [1.29, 1.82) is 0 Å². The molecule has 2 aromatic rings. The van der Waals surface area contributed by atoms with Gasteiger partial charge in [0, 0.05) is 31.9 Å². The summed E-state index contributed by atoms with van der Waals surface area (Å²) < 4.78 is 7.20. The highest BCUT2D eigenvalue weighted by Crippen LogP contribution is 2.08. The molecule has 0 unspecified atom stereocenters. The van der Waals surface area contributed by atoms with Gasteiger partial charge in [0.2, 0.25) is 5.91 Å². The molecule has 0 radical (unpaired) electrons. The number of aryl methyl sites for hydroxylation is 1. The Morgan fingerprint density at radius 1 is 1.32 bits per heavy atom. The van der Waals surface area contributed by atoms with E-state index in [0.29, 0.717) is 5.69 Å². The van der Waals surface area contributed by atoms with Gasteiger partial charge in [-0.25, -0.2) is 0 Å². The van der Waals surface area contributed by atoms with Crippen molar-refractivity contribution >= 4 is 17.7 Å². The summed E-state index contributed by atoms with van der Waals surface area (Å²) in [6.45, 7) is 7.30. The number of morpholine rings is 1. The van der Waals surface area contributed by atoms with E-state index in [1.54, 1.807) is 12.3 Å². The number of hydrogen-bond donors (Lipinski definition) is 1. The summed E-state index contributed by atoms with van der Waals surface area (Å²) in [4.78, 5) is 14.4. The molecule has 0 atom stereocenters. The van der Waals surface area contributed by atoms with E-state index in [4.69, 9.17) is 4.74 Å². The summed E-state index contributed by atoms with van der Waals surface area (Å²) in [6, 6.07) is 8.02. The first kappa shape index (κ1) is 17.4. The second-order valence-electron chi connectivity index (χ2n) is 6.18. The topological polar surface area (TPSA) is 59.4 Å². The highest BCUT2D eigenvalue weighted by molar-refractivity contribution is 6.01. The van der Waals surface area contributed by atoms with Crippen molar-refractivity contribution in [3.63, 3.8) is 0 Å². The number of amides is 1. The van der Waals surface area contributed by atoms with Crippen LogP contribution in [0.1, 0.15) is 11.1 Å². The Bertz CT molecular complexity index is 733. The monoisotopic (exact) mass is 340 g/mol. The number of benzene rings is 1. The largest absolute Gasteiger partial charge is 0.379 e. The fraction of sp³-hybridized carbons (Fsp3) is 0.368. The van der Waals surface area contributed by atoms with Crippen LogP contribution in [0.3, 0.4) is 0 Å². The second kappa shape index (κ2) is 8.60. The van der Waals surface area contributed by atoms with Crippen molar-refractivity contribution < 1.29 is 9.53 Å². The quantitative estimate of drug-likeness (QED) is 0.819. The smallest absolute Gasteiger partial charge is 0.248 e. The summed E-state index contributed by atoms with van der Waals surface area (Å²) in [7, 11) is 0. The van der Waals surface area contributed by atoms with E-state index in [1.807, 2.05) is 48.1 Å². The first-order chi connectivity index (χ1) is 12.2. The van der Waals surface area contributed by atoms with Crippen molar-refractivity contribution in [2.45, 2.75) is 13.5 Å². The third kappa shape index (κ3) is 5.55. The average molecular weight is 340 g/mol. The van der Waals surface area contributed by atoms with Crippen LogP contribution in [0.25, 0.3) is 6.08 Å². The molecule has 3 rings (SSSR count). The van der Waals surface area contributed by atoms with Gasteiger partial charge < -0.3 is 10.1 Å². The van der Waals surface area contributed by atoms with Gasteiger partial charge in [-0.15, -0.1) is 0 Å². The lowest BCUT2D eigenvalue weighted by atomic mass is 10.1. The van der Waals surface area contributed by atoms with Crippen LogP contribution < -0.4 is 5.32 Å². The van der Waals surface area contributed by atoms with Gasteiger partial charge in [0.25, 0.3) is 0 Å². The van der Waals surface area contributed by atoms with Gasteiger partial charge in [-0.1, -0.05) is 29.8 Å². The van der Waals surface area contributed by atoms with Gasteiger partial charge >= 0.3 is 0 Å². The maximum absolute atomic E-state index is 12.0. The summed E-state index contributed by atoms with van der Waals surface area (Å²) in [5, 5.41) is 7.15. The lowest BCUT2D eigenvalue weighted by Crippen LogP contribution is -2.38. The fourth-order valence-electron chi connectivity index (χ4n) is 2.75. The van der Waals surface area contributed by atoms with E-state index in [2.05, 4.69) is 15.3 Å². The van der Waals surface area contributed by atoms with E-state index < -0.39 is 0 Å². The minimum absolute atomic E-state index is 0.158. The molecule has 2 heterocycles. The van der Waals surface area contributed by atoms with E-state index >= 15 is 0 Å². The van der Waals surface area contributed by atoms with E-state index in [9.17, 15) is 4.79 Å². The number of carbonyl (C=O) groups is 1. The molecule has 1 aliphatic rings. The summed E-state index contributed by atoms with van der Waals surface area (Å²) in [6.07, 6.45) is 6.89. The van der Waals surface area contributed by atoms with E-state index in [-0.39, 0.29) is 5.91 Å². The van der Waals surface area contributed by atoms with Crippen LogP contribution in [0.15, 0.2) is 42.7 Å². The molecule has 132 valence electrons. The first-order valence-corrected chi connectivity index (χ1v) is 8.57. The number of rotatable bonds is 6. The Morgan fingerprint density at radius 2 is 2.16 bits per heavy atom. The van der Waals surface area contributed by atoms with Gasteiger partial charge in [0.15, 0.2) is 0 Å². The maximum Gasteiger partial charge on any atom is 0.248 e. The highest BCUT2D eigenvalue weighted by atomic mass is 16.5. The summed E-state index contributed by atoms with van der Waals surface area (Å²) >= 11 is 0. The van der Waals surface area contributed by atoms with Crippen molar-refractivity contribution in [1.82, 2.24) is 14.7 Å². The Labute approximate surface area is 148 Å². The third-order valence-electron chi connectivity index (χ3n) is 4.12. The van der Waals surface area contributed by atoms with Crippen LogP contribution >= 0.6 is 0 Å². The Hall–Kier alpha value is -2.44. The number of aromatic nitrogens is 2. The van der Waals surface area contributed by atoms with Gasteiger partial charge in [0.1, 0.15) is 0 Å². The van der Waals surface area contributed by atoms with Crippen LogP contribution in [0.4, 0.5) is 5.69 Å². The minimum Gasteiger partial charge on any atom is -0.379 e. The van der Waals surface area contributed by atoms with Crippen molar-refractivity contribution in [3.05, 3.63) is 53.9 Å². The zero-order valence-corrected chi connectivity index (χ0v) is 14.5. The molecular formula is C19H24N4O2. The number of hydrogen-bond acceptors (Lipinski definition) is 4. The van der Waals surface area contributed by atoms with Crippen LogP contribution in [-0.2, 0) is 16.1 Å². The van der Waals surface area contributed by atoms with Crippen molar-refractivity contribution in [3.8, 4) is 0 Å². The van der Waals surface area contributed by atoms with Crippen LogP contribution in [0.2, 0.25) is 0 Å². The molecule has 0 spiro atoms. The lowest BCUT2D eigenvalue weighted by Gasteiger charge is -2.26. The number of ether oxygens (including phenoxy) is 1. The predicted octanol–water partition coefficient (Wildman–Crippen LogP) is 2.18. The summed E-state index contributed by atoms with van der Waals surface area (Å²) in [5.74, 6) is -0.158. The third-order valence-corrected chi connectivity index (χ3v) is 4.12. The van der Waals surface area contributed by atoms with Crippen molar-refractivity contribution in [2.75, 3.05) is 38.2 Å². The number of nitrogens with zero attached hydrogens (tertiary/aromatic N) is 3. The Morgan fingerprint density at radius 3 is 2.96 bits per heavy atom.